The van der Waals surface area contributed by atoms with E-state index in [1.807, 2.05) is 18.2 Å². The summed E-state index contributed by atoms with van der Waals surface area (Å²) in [6, 6.07) is 44.4. The maximum Gasteiger partial charge on any atom is 0.222 e. The van der Waals surface area contributed by atoms with Crippen molar-refractivity contribution in [3.8, 4) is 33.4 Å². The molecular formula is C33H27Cl2IN2P2. The van der Waals surface area contributed by atoms with E-state index >= 15 is 0 Å². The minimum absolute atomic E-state index is 0. The summed E-state index contributed by atoms with van der Waals surface area (Å²) in [7, 11) is 2.92. The summed E-state index contributed by atoms with van der Waals surface area (Å²) in [5.41, 5.74) is 9.16. The van der Waals surface area contributed by atoms with Crippen LogP contribution < -0.4 is 39.1 Å². The van der Waals surface area contributed by atoms with Crippen LogP contribution in [-0.2, 0) is 0 Å². The zero-order valence-corrected chi connectivity index (χ0v) is 27.2. The number of nitrogens with zero attached hydrogens (tertiary/aromatic N) is 1. The Morgan fingerprint density at radius 3 is 1.55 bits per heavy atom. The monoisotopic (exact) mass is 710 g/mol. The highest BCUT2D eigenvalue weighted by Crippen LogP contribution is 2.54. The van der Waals surface area contributed by atoms with Gasteiger partial charge in [0, 0.05) is 22.0 Å². The van der Waals surface area contributed by atoms with Crippen molar-refractivity contribution in [2.45, 2.75) is 5.91 Å². The highest BCUT2D eigenvalue weighted by Gasteiger charge is 2.42. The SMILES string of the molecule is Pc1cccc(-c2ccccc2)c1[NH+]1C=CN(c2c(-c3ccccc3)cccc2-c2ccccc2)C1P(Cl)Cl.[I-]. The quantitative estimate of drug-likeness (QED) is 0.174. The summed E-state index contributed by atoms with van der Waals surface area (Å²) in [6.45, 7) is -1.42. The fraction of sp³-hybridized carbons (Fsp3) is 0.0303. The van der Waals surface area contributed by atoms with Crippen LogP contribution in [0, 0.1) is 0 Å². The van der Waals surface area contributed by atoms with Gasteiger partial charge in [0.25, 0.3) is 0 Å². The molecule has 0 amide bonds. The molecular weight excluding hydrogens is 684 g/mol. The lowest BCUT2D eigenvalue weighted by Crippen LogP contribution is -3.07. The number of halogens is 3. The van der Waals surface area contributed by atoms with Crippen LogP contribution in [0.4, 0.5) is 11.4 Å². The zero-order valence-electron chi connectivity index (χ0n) is 21.5. The maximum atomic E-state index is 6.94. The number of nitrogens with one attached hydrogen (secondary N) is 1. The number of anilines is 1. The van der Waals surface area contributed by atoms with Crippen molar-refractivity contribution in [1.82, 2.24) is 0 Å². The predicted octanol–water partition coefficient (Wildman–Crippen LogP) is 5.77. The first-order chi connectivity index (χ1) is 19.1. The summed E-state index contributed by atoms with van der Waals surface area (Å²) in [4.78, 5) is 3.41. The summed E-state index contributed by atoms with van der Waals surface area (Å²) in [5, 5.41) is 1.12. The molecule has 0 bridgehead atoms. The van der Waals surface area contributed by atoms with Crippen molar-refractivity contribution < 1.29 is 28.9 Å². The zero-order chi connectivity index (χ0) is 26.8. The molecule has 1 aliphatic heterocycles. The first kappa shape index (κ1) is 29.3. The first-order valence-electron chi connectivity index (χ1n) is 12.8. The van der Waals surface area contributed by atoms with E-state index in [1.54, 1.807) is 0 Å². The molecule has 200 valence electrons. The Morgan fingerprint density at radius 2 is 1.05 bits per heavy atom. The van der Waals surface area contributed by atoms with E-state index in [1.165, 1.54) is 5.56 Å². The lowest BCUT2D eigenvalue weighted by Gasteiger charge is -2.32. The molecule has 3 atom stereocenters. The highest BCUT2D eigenvalue weighted by molar-refractivity contribution is 8.04. The molecule has 0 radical (unpaired) electrons. The largest absolute Gasteiger partial charge is 1.00 e. The molecule has 1 heterocycles. The van der Waals surface area contributed by atoms with Crippen molar-refractivity contribution in [3.05, 3.63) is 140 Å². The first-order valence-corrected chi connectivity index (χ1v) is 16.6. The standard InChI is InChI=1S/C33H26Cl2N2P2.HI/c34-39(35)33-36(22-23-37(33)32-29(20-11-21-30(32)38)26-16-8-3-9-17-26)31-27(24-12-4-1-5-13-24)18-10-19-28(31)25-14-6-2-7-15-25;/h1-23,33H,38H2;1H. The molecule has 0 saturated carbocycles. The molecule has 3 unspecified atom stereocenters. The highest BCUT2D eigenvalue weighted by atomic mass is 127. The molecule has 1 N–H and O–H groups in total. The summed E-state index contributed by atoms with van der Waals surface area (Å²) < 4.78 is 0. The fourth-order valence-electron chi connectivity index (χ4n) is 5.36. The van der Waals surface area contributed by atoms with Gasteiger partial charge < -0.3 is 24.0 Å². The van der Waals surface area contributed by atoms with E-state index in [9.17, 15) is 0 Å². The number of rotatable bonds is 6. The van der Waals surface area contributed by atoms with Crippen LogP contribution in [0.3, 0.4) is 0 Å². The van der Waals surface area contributed by atoms with Gasteiger partial charge >= 0.3 is 0 Å². The molecule has 7 heteroatoms. The van der Waals surface area contributed by atoms with Crippen LogP contribution in [0.2, 0.25) is 0 Å². The van der Waals surface area contributed by atoms with Crippen molar-refractivity contribution >= 4 is 55.0 Å². The number of hydrogen-bond acceptors (Lipinski definition) is 1. The number of para-hydroxylation sites is 2. The summed E-state index contributed by atoms with van der Waals surface area (Å²) >= 11 is 13.9. The van der Waals surface area contributed by atoms with Gasteiger partial charge in [0.05, 0.1) is 11.9 Å². The third kappa shape index (κ3) is 5.74. The van der Waals surface area contributed by atoms with Crippen LogP contribution in [-0.4, -0.2) is 5.91 Å². The second kappa shape index (κ2) is 13.2. The molecule has 0 aliphatic carbocycles. The van der Waals surface area contributed by atoms with E-state index in [0.717, 1.165) is 49.4 Å². The van der Waals surface area contributed by atoms with Gasteiger partial charge in [0.2, 0.25) is 5.91 Å². The van der Waals surface area contributed by atoms with Gasteiger partial charge in [0.1, 0.15) is 6.20 Å². The van der Waals surface area contributed by atoms with Gasteiger partial charge in [-0.3, -0.25) is 4.90 Å². The van der Waals surface area contributed by atoms with E-state index < -0.39 is 6.63 Å². The van der Waals surface area contributed by atoms with E-state index in [-0.39, 0.29) is 29.9 Å². The van der Waals surface area contributed by atoms with Gasteiger partial charge in [-0.25, -0.2) is 4.90 Å². The van der Waals surface area contributed by atoms with E-state index in [2.05, 4.69) is 136 Å². The molecule has 40 heavy (non-hydrogen) atoms. The molecule has 0 spiro atoms. The molecule has 0 fully saturated rings. The van der Waals surface area contributed by atoms with Crippen molar-refractivity contribution in [2.75, 3.05) is 4.90 Å². The van der Waals surface area contributed by atoms with Gasteiger partial charge in [0.15, 0.2) is 12.3 Å². The van der Waals surface area contributed by atoms with Crippen LogP contribution in [0.1, 0.15) is 0 Å². The molecule has 5 aromatic carbocycles. The molecule has 1 aliphatic rings. The van der Waals surface area contributed by atoms with Crippen molar-refractivity contribution in [1.29, 1.82) is 0 Å². The number of benzene rings is 5. The average molecular weight is 711 g/mol. The van der Waals surface area contributed by atoms with Crippen LogP contribution in [0.15, 0.2) is 140 Å². The van der Waals surface area contributed by atoms with Crippen LogP contribution in [0.5, 0.6) is 0 Å². The molecule has 5 aromatic rings. The van der Waals surface area contributed by atoms with Crippen molar-refractivity contribution in [2.24, 2.45) is 0 Å². The van der Waals surface area contributed by atoms with Crippen LogP contribution in [0.25, 0.3) is 33.4 Å². The lowest BCUT2D eigenvalue weighted by atomic mass is 9.95. The Bertz CT molecular complexity index is 1560. The second-order valence-corrected chi connectivity index (χ2v) is 13.7. The fourth-order valence-corrected chi connectivity index (χ4v) is 7.79. The average Bonchev–Trinajstić information content (AvgIpc) is 3.43. The Balaban J connectivity index is 0.00000323. The minimum Gasteiger partial charge on any atom is -1.00 e. The predicted molar refractivity (Wildman–Crippen MR) is 173 cm³/mol. The smallest absolute Gasteiger partial charge is 0.222 e. The Hall–Kier alpha value is -2.23. The minimum atomic E-state index is -1.42. The Morgan fingerprint density at radius 1 is 0.600 bits per heavy atom. The Labute approximate surface area is 266 Å². The van der Waals surface area contributed by atoms with Gasteiger partial charge in [-0.1, -0.05) is 147 Å². The number of hydrogen-bond donors (Lipinski definition) is 1. The third-order valence-corrected chi connectivity index (χ3v) is 9.56. The van der Waals surface area contributed by atoms with Crippen molar-refractivity contribution in [3.63, 3.8) is 0 Å². The van der Waals surface area contributed by atoms with Crippen LogP contribution >= 0.6 is 38.3 Å². The van der Waals surface area contributed by atoms with Gasteiger partial charge in [-0.2, -0.15) is 0 Å². The van der Waals surface area contributed by atoms with E-state index in [4.69, 9.17) is 22.5 Å². The molecule has 0 saturated heterocycles. The topological polar surface area (TPSA) is 7.68 Å². The molecule has 6 rings (SSSR count). The van der Waals surface area contributed by atoms with E-state index in [0.29, 0.717) is 0 Å². The second-order valence-electron chi connectivity index (χ2n) is 9.38. The van der Waals surface area contributed by atoms with Gasteiger partial charge in [-0.15, -0.1) is 0 Å². The Kier molecular flexibility index (Phi) is 9.64. The van der Waals surface area contributed by atoms with Gasteiger partial charge in [-0.05, 0) is 28.8 Å². The molecule has 2 nitrogen and oxygen atoms in total. The molecule has 0 aromatic heterocycles. The maximum absolute atomic E-state index is 6.94. The lowest BCUT2D eigenvalue weighted by molar-refractivity contribution is -0.779. The summed E-state index contributed by atoms with van der Waals surface area (Å²) in [5.74, 6) is -0.222. The number of quaternary nitrogens is 1. The normalized spacial score (nSPS) is 16.2. The third-order valence-electron chi connectivity index (χ3n) is 7.08. The summed E-state index contributed by atoms with van der Waals surface area (Å²) in [6.07, 6.45) is 4.34.